The van der Waals surface area contributed by atoms with Crippen LogP contribution in [0.25, 0.3) is 0 Å². The van der Waals surface area contributed by atoms with E-state index in [9.17, 15) is 15.3 Å². The van der Waals surface area contributed by atoms with Gasteiger partial charge in [0.15, 0.2) is 0 Å². The number of hydrogen-bond acceptors (Lipinski definition) is 3. The standard InChI is InChI=1S/C31H40O3/c1-18-12-21(28(33)25(14-18)30(4,5)6)16-23-20(3)10-11-27(32)24(23)17-22-13-19(2)15-26(29(22)34)31(7,8)9/h10-15,32-34H,16-17H2,1-9H3. The molecule has 0 saturated heterocycles. The largest absolute Gasteiger partial charge is 0.508 e. The van der Waals surface area contributed by atoms with Crippen LogP contribution in [0.1, 0.15) is 91.6 Å². The van der Waals surface area contributed by atoms with E-state index in [-0.39, 0.29) is 16.6 Å². The Labute approximate surface area is 205 Å². The van der Waals surface area contributed by atoms with Crippen molar-refractivity contribution in [1.82, 2.24) is 0 Å². The Morgan fingerprint density at radius 2 is 1.00 bits per heavy atom. The van der Waals surface area contributed by atoms with Gasteiger partial charge in [-0.25, -0.2) is 0 Å². The molecule has 0 unspecified atom stereocenters. The van der Waals surface area contributed by atoms with Crippen LogP contribution in [0, 0.1) is 20.8 Å². The first kappa shape index (κ1) is 25.7. The summed E-state index contributed by atoms with van der Waals surface area (Å²) in [5.74, 6) is 0.820. The first-order chi connectivity index (χ1) is 15.6. The average Bonchev–Trinajstić information content (AvgIpc) is 2.70. The van der Waals surface area contributed by atoms with E-state index >= 15 is 0 Å². The molecule has 0 amide bonds. The minimum absolute atomic E-state index is 0.182. The number of phenolic OH excluding ortho intramolecular Hbond substituents is 3. The number of benzene rings is 3. The zero-order valence-electron chi connectivity index (χ0n) is 22.2. The van der Waals surface area contributed by atoms with Gasteiger partial charge in [0.2, 0.25) is 0 Å². The zero-order valence-corrected chi connectivity index (χ0v) is 22.2. The molecule has 3 aromatic carbocycles. The highest BCUT2D eigenvalue weighted by Gasteiger charge is 2.24. The van der Waals surface area contributed by atoms with Gasteiger partial charge in [-0.1, -0.05) is 83.0 Å². The van der Waals surface area contributed by atoms with E-state index in [0.29, 0.717) is 24.3 Å². The summed E-state index contributed by atoms with van der Waals surface area (Å²) in [5.41, 5.74) is 8.11. The molecule has 3 heteroatoms. The summed E-state index contributed by atoms with van der Waals surface area (Å²) in [5, 5.41) is 33.2. The molecule has 3 rings (SSSR count). The smallest absolute Gasteiger partial charge is 0.122 e. The van der Waals surface area contributed by atoms with E-state index in [1.807, 2.05) is 51.1 Å². The maximum atomic E-state index is 11.2. The third-order valence-corrected chi connectivity index (χ3v) is 6.66. The van der Waals surface area contributed by atoms with Crippen molar-refractivity contribution >= 4 is 0 Å². The summed E-state index contributed by atoms with van der Waals surface area (Å²) in [6.07, 6.45) is 0.920. The molecule has 0 bridgehead atoms. The number of aryl methyl sites for hydroxylation is 3. The van der Waals surface area contributed by atoms with E-state index in [0.717, 1.165) is 50.1 Å². The molecule has 0 aliphatic rings. The van der Waals surface area contributed by atoms with Gasteiger partial charge in [-0.15, -0.1) is 0 Å². The van der Waals surface area contributed by atoms with E-state index < -0.39 is 0 Å². The number of rotatable bonds is 4. The van der Waals surface area contributed by atoms with Crippen molar-refractivity contribution < 1.29 is 15.3 Å². The number of aromatic hydroxyl groups is 3. The summed E-state index contributed by atoms with van der Waals surface area (Å²) in [4.78, 5) is 0. The highest BCUT2D eigenvalue weighted by atomic mass is 16.3. The molecule has 0 heterocycles. The molecule has 0 aliphatic carbocycles. The predicted molar refractivity (Wildman–Crippen MR) is 142 cm³/mol. The molecule has 0 spiro atoms. The summed E-state index contributed by atoms with van der Waals surface area (Å²) in [7, 11) is 0. The Hall–Kier alpha value is -2.94. The lowest BCUT2D eigenvalue weighted by Gasteiger charge is -2.25. The minimum atomic E-state index is -0.195. The van der Waals surface area contributed by atoms with Gasteiger partial charge in [0.05, 0.1) is 0 Å². The Bertz CT molecular complexity index is 1120. The highest BCUT2D eigenvalue weighted by Crippen LogP contribution is 2.40. The monoisotopic (exact) mass is 460 g/mol. The second-order valence-corrected chi connectivity index (χ2v) is 11.9. The summed E-state index contributed by atoms with van der Waals surface area (Å²) < 4.78 is 0. The predicted octanol–water partition coefficient (Wildman–Crippen LogP) is 7.51. The maximum Gasteiger partial charge on any atom is 0.122 e. The van der Waals surface area contributed by atoms with Gasteiger partial charge in [0.25, 0.3) is 0 Å². The van der Waals surface area contributed by atoms with Crippen molar-refractivity contribution in [2.24, 2.45) is 0 Å². The quantitative estimate of drug-likeness (QED) is 0.378. The third kappa shape index (κ3) is 5.24. The molecule has 3 nitrogen and oxygen atoms in total. The minimum Gasteiger partial charge on any atom is -0.508 e. The molecule has 34 heavy (non-hydrogen) atoms. The third-order valence-electron chi connectivity index (χ3n) is 6.66. The van der Waals surface area contributed by atoms with Crippen LogP contribution in [-0.2, 0) is 23.7 Å². The first-order valence-electron chi connectivity index (χ1n) is 12.1. The number of hydrogen-bond donors (Lipinski definition) is 3. The van der Waals surface area contributed by atoms with Crippen LogP contribution in [-0.4, -0.2) is 15.3 Å². The van der Waals surface area contributed by atoms with Gasteiger partial charge in [0, 0.05) is 18.4 Å². The van der Waals surface area contributed by atoms with Crippen LogP contribution in [0.3, 0.4) is 0 Å². The Kier molecular flexibility index (Phi) is 6.81. The number of phenols is 3. The second-order valence-electron chi connectivity index (χ2n) is 11.9. The van der Waals surface area contributed by atoms with Crippen LogP contribution in [0.5, 0.6) is 17.2 Å². The Balaban J connectivity index is 2.15. The fourth-order valence-electron chi connectivity index (χ4n) is 4.74. The fraction of sp³-hybridized carbons (Fsp3) is 0.419. The first-order valence-corrected chi connectivity index (χ1v) is 12.1. The van der Waals surface area contributed by atoms with Gasteiger partial charge in [-0.2, -0.15) is 0 Å². The van der Waals surface area contributed by atoms with Crippen molar-refractivity contribution in [3.63, 3.8) is 0 Å². The lowest BCUT2D eigenvalue weighted by Crippen LogP contribution is -2.13. The van der Waals surface area contributed by atoms with Crippen molar-refractivity contribution in [3.8, 4) is 17.2 Å². The maximum absolute atomic E-state index is 11.2. The van der Waals surface area contributed by atoms with Gasteiger partial charge in [-0.05, 0) is 71.0 Å². The van der Waals surface area contributed by atoms with Crippen molar-refractivity contribution in [1.29, 1.82) is 0 Å². The van der Waals surface area contributed by atoms with Gasteiger partial charge >= 0.3 is 0 Å². The van der Waals surface area contributed by atoms with Crippen LogP contribution in [0.15, 0.2) is 36.4 Å². The topological polar surface area (TPSA) is 60.7 Å². The summed E-state index contributed by atoms with van der Waals surface area (Å²) in [6, 6.07) is 11.8. The fourth-order valence-corrected chi connectivity index (χ4v) is 4.74. The van der Waals surface area contributed by atoms with Gasteiger partial charge in [-0.3, -0.25) is 0 Å². The van der Waals surface area contributed by atoms with Crippen LogP contribution >= 0.6 is 0 Å². The van der Waals surface area contributed by atoms with Crippen molar-refractivity contribution in [3.05, 3.63) is 86.5 Å². The summed E-state index contributed by atoms with van der Waals surface area (Å²) in [6.45, 7) is 18.7. The lowest BCUT2D eigenvalue weighted by molar-refractivity contribution is 0.438. The molecule has 0 atom stereocenters. The van der Waals surface area contributed by atoms with E-state index in [2.05, 4.69) is 41.5 Å². The van der Waals surface area contributed by atoms with E-state index in [4.69, 9.17) is 0 Å². The zero-order chi connectivity index (χ0) is 25.6. The molecule has 182 valence electrons. The van der Waals surface area contributed by atoms with E-state index in [1.165, 1.54) is 0 Å². The van der Waals surface area contributed by atoms with Crippen molar-refractivity contribution in [2.45, 2.75) is 86.0 Å². The normalized spacial score (nSPS) is 12.3. The molecule has 3 aromatic rings. The Morgan fingerprint density at radius 3 is 1.41 bits per heavy atom. The highest BCUT2D eigenvalue weighted by molar-refractivity contribution is 5.55. The Morgan fingerprint density at radius 1 is 0.588 bits per heavy atom. The molecule has 0 saturated carbocycles. The van der Waals surface area contributed by atoms with Gasteiger partial charge < -0.3 is 15.3 Å². The summed E-state index contributed by atoms with van der Waals surface area (Å²) >= 11 is 0. The SMILES string of the molecule is Cc1cc(Cc2c(C)ccc(O)c2Cc2cc(C)cc(C(C)(C)C)c2O)c(O)c(C(C)(C)C)c1. The molecule has 0 fully saturated rings. The lowest BCUT2D eigenvalue weighted by atomic mass is 9.81. The molecule has 0 aliphatic heterocycles. The molecule has 0 aromatic heterocycles. The second kappa shape index (κ2) is 9.02. The molecule has 0 radical (unpaired) electrons. The van der Waals surface area contributed by atoms with Crippen LogP contribution in [0.2, 0.25) is 0 Å². The van der Waals surface area contributed by atoms with Crippen molar-refractivity contribution in [2.75, 3.05) is 0 Å². The molecular weight excluding hydrogens is 420 g/mol. The van der Waals surface area contributed by atoms with Crippen LogP contribution < -0.4 is 0 Å². The molecular formula is C31H40O3. The average molecular weight is 461 g/mol. The molecule has 3 N–H and O–H groups in total. The van der Waals surface area contributed by atoms with E-state index in [1.54, 1.807) is 6.07 Å². The van der Waals surface area contributed by atoms with Gasteiger partial charge in [0.1, 0.15) is 17.2 Å². The van der Waals surface area contributed by atoms with Crippen LogP contribution in [0.4, 0.5) is 0 Å².